The third kappa shape index (κ3) is 3.25. The molecular formula is C17H14N2O5S. The van der Waals surface area contributed by atoms with Crippen molar-refractivity contribution in [2.24, 2.45) is 0 Å². The molecule has 128 valence electrons. The fraction of sp³-hybridized carbons (Fsp3) is 0. The monoisotopic (exact) mass is 358 g/mol. The highest BCUT2D eigenvalue weighted by Gasteiger charge is 2.20. The second kappa shape index (κ2) is 6.08. The highest BCUT2D eigenvalue weighted by molar-refractivity contribution is 7.86. The molecule has 0 aliphatic heterocycles. The van der Waals surface area contributed by atoms with E-state index in [4.69, 9.17) is 5.73 Å². The molecule has 0 radical (unpaired) electrons. The molecule has 3 aromatic rings. The predicted molar refractivity (Wildman–Crippen MR) is 94.2 cm³/mol. The lowest BCUT2D eigenvalue weighted by atomic mass is 10.1. The summed E-state index contributed by atoms with van der Waals surface area (Å²) in [5, 5.41) is 13.1. The van der Waals surface area contributed by atoms with Crippen LogP contribution in [0.3, 0.4) is 0 Å². The number of anilines is 2. The van der Waals surface area contributed by atoms with Crippen LogP contribution in [-0.2, 0) is 10.1 Å². The fourth-order valence-corrected chi connectivity index (χ4v) is 3.22. The second-order valence-corrected chi connectivity index (χ2v) is 6.76. The van der Waals surface area contributed by atoms with Crippen molar-refractivity contribution >= 4 is 38.2 Å². The first-order chi connectivity index (χ1) is 11.8. The number of nitrogens with two attached hydrogens (primary N) is 1. The molecule has 1 amide bonds. The lowest BCUT2D eigenvalue weighted by Gasteiger charge is -2.13. The Labute approximate surface area is 143 Å². The smallest absolute Gasteiger partial charge is 0.295 e. The number of carbonyl (C=O) groups excluding carboxylic acids is 1. The van der Waals surface area contributed by atoms with Crippen LogP contribution in [0.25, 0.3) is 10.8 Å². The van der Waals surface area contributed by atoms with Gasteiger partial charge >= 0.3 is 0 Å². The number of carbonyl (C=O) groups is 1. The molecule has 8 heteroatoms. The van der Waals surface area contributed by atoms with Crippen LogP contribution in [-0.4, -0.2) is 24.0 Å². The zero-order chi connectivity index (χ0) is 18.2. The maximum atomic E-state index is 12.4. The van der Waals surface area contributed by atoms with Gasteiger partial charge in [-0.2, -0.15) is 8.42 Å². The van der Waals surface area contributed by atoms with Crippen LogP contribution in [0.4, 0.5) is 11.4 Å². The highest BCUT2D eigenvalue weighted by atomic mass is 32.2. The summed E-state index contributed by atoms with van der Waals surface area (Å²) < 4.78 is 32.7. The molecule has 0 saturated heterocycles. The second-order valence-electron chi connectivity index (χ2n) is 5.37. The van der Waals surface area contributed by atoms with Crippen LogP contribution >= 0.6 is 0 Å². The van der Waals surface area contributed by atoms with E-state index >= 15 is 0 Å². The Morgan fingerprint density at radius 3 is 2.32 bits per heavy atom. The maximum absolute atomic E-state index is 12.4. The molecule has 0 bridgehead atoms. The van der Waals surface area contributed by atoms with Crippen molar-refractivity contribution in [3.63, 3.8) is 0 Å². The van der Waals surface area contributed by atoms with Gasteiger partial charge in [-0.15, -0.1) is 0 Å². The Bertz CT molecular complexity index is 1080. The van der Waals surface area contributed by atoms with Crippen LogP contribution < -0.4 is 11.1 Å². The van der Waals surface area contributed by atoms with Gasteiger partial charge in [-0.1, -0.05) is 18.2 Å². The van der Waals surface area contributed by atoms with E-state index in [2.05, 4.69) is 5.32 Å². The quantitative estimate of drug-likeness (QED) is 0.323. The summed E-state index contributed by atoms with van der Waals surface area (Å²) >= 11 is 0. The molecule has 7 nitrogen and oxygen atoms in total. The van der Waals surface area contributed by atoms with Gasteiger partial charge in [-0.25, -0.2) is 0 Å². The summed E-state index contributed by atoms with van der Waals surface area (Å²) in [6.45, 7) is 0. The maximum Gasteiger partial charge on any atom is 0.295 e. The van der Waals surface area contributed by atoms with Crippen LogP contribution in [0.15, 0.2) is 59.5 Å². The number of fused-ring (bicyclic) bond motifs is 1. The standard InChI is InChI=1S/C17H14N2O5S/c18-12-7-4-11(5-8-12)17(21)19-16-13(20)9-6-10-2-1-3-14(15(10)16)25(22,23)24/h1-9,20H,18H2,(H,19,21)(H,22,23,24). The molecule has 0 aliphatic carbocycles. The lowest BCUT2D eigenvalue weighted by Crippen LogP contribution is -2.13. The highest BCUT2D eigenvalue weighted by Crippen LogP contribution is 2.36. The minimum Gasteiger partial charge on any atom is -0.506 e. The number of nitrogens with one attached hydrogen (secondary N) is 1. The van der Waals surface area contributed by atoms with E-state index in [9.17, 15) is 22.9 Å². The van der Waals surface area contributed by atoms with Crippen LogP contribution in [0, 0.1) is 0 Å². The molecule has 25 heavy (non-hydrogen) atoms. The summed E-state index contributed by atoms with van der Waals surface area (Å²) in [4.78, 5) is 12.0. The topological polar surface area (TPSA) is 130 Å². The summed E-state index contributed by atoms with van der Waals surface area (Å²) in [6, 6.07) is 13.1. The Morgan fingerprint density at radius 1 is 1.00 bits per heavy atom. The molecule has 0 aromatic heterocycles. The van der Waals surface area contributed by atoms with E-state index < -0.39 is 20.9 Å². The number of amides is 1. The van der Waals surface area contributed by atoms with Crippen molar-refractivity contribution < 1.29 is 22.9 Å². The van der Waals surface area contributed by atoms with Gasteiger partial charge in [-0.3, -0.25) is 9.35 Å². The number of phenols is 1. The van der Waals surface area contributed by atoms with Gasteiger partial charge < -0.3 is 16.2 Å². The summed E-state index contributed by atoms with van der Waals surface area (Å²) in [5.74, 6) is -0.889. The predicted octanol–water partition coefficient (Wildman–Crippen LogP) is 2.63. The zero-order valence-electron chi connectivity index (χ0n) is 12.8. The first-order valence-corrected chi connectivity index (χ1v) is 8.60. The molecule has 0 aliphatic rings. The number of rotatable bonds is 3. The number of hydrogen-bond donors (Lipinski definition) is 4. The van der Waals surface area contributed by atoms with Crippen molar-refractivity contribution in [3.8, 4) is 5.75 Å². The number of hydrogen-bond acceptors (Lipinski definition) is 5. The minimum absolute atomic E-state index is 0.0220. The van der Waals surface area contributed by atoms with Crippen molar-refractivity contribution in [1.82, 2.24) is 0 Å². The van der Waals surface area contributed by atoms with E-state index in [1.165, 1.54) is 36.4 Å². The van der Waals surface area contributed by atoms with Crippen LogP contribution in [0.5, 0.6) is 5.75 Å². The lowest BCUT2D eigenvalue weighted by molar-refractivity contribution is 0.102. The third-order valence-corrected chi connectivity index (χ3v) is 4.57. The first kappa shape index (κ1) is 16.7. The first-order valence-electron chi connectivity index (χ1n) is 7.16. The Kier molecular flexibility index (Phi) is 4.07. The van der Waals surface area contributed by atoms with Crippen molar-refractivity contribution in [3.05, 3.63) is 60.2 Å². The molecule has 0 saturated carbocycles. The van der Waals surface area contributed by atoms with E-state index in [0.717, 1.165) is 0 Å². The van der Waals surface area contributed by atoms with Gasteiger partial charge in [0.15, 0.2) is 0 Å². The van der Waals surface area contributed by atoms with Crippen LogP contribution in [0.1, 0.15) is 10.4 Å². The zero-order valence-corrected chi connectivity index (χ0v) is 13.6. The largest absolute Gasteiger partial charge is 0.506 e. The molecule has 0 atom stereocenters. The number of benzene rings is 3. The Balaban J connectivity index is 2.17. The van der Waals surface area contributed by atoms with Crippen LogP contribution in [0.2, 0.25) is 0 Å². The average molecular weight is 358 g/mol. The van der Waals surface area contributed by atoms with Crippen molar-refractivity contribution in [2.45, 2.75) is 4.90 Å². The number of nitrogen functional groups attached to an aromatic ring is 1. The molecule has 0 unspecified atom stereocenters. The van der Waals surface area contributed by atoms with Crippen molar-refractivity contribution in [1.29, 1.82) is 0 Å². The third-order valence-electron chi connectivity index (χ3n) is 3.67. The molecule has 0 spiro atoms. The molecule has 5 N–H and O–H groups in total. The van der Waals surface area contributed by atoms with E-state index in [0.29, 0.717) is 11.1 Å². The van der Waals surface area contributed by atoms with Gasteiger partial charge in [0.1, 0.15) is 10.6 Å². The van der Waals surface area contributed by atoms with E-state index in [1.54, 1.807) is 18.2 Å². The fourth-order valence-electron chi connectivity index (χ4n) is 2.50. The molecule has 0 heterocycles. The van der Waals surface area contributed by atoms with Crippen molar-refractivity contribution in [2.75, 3.05) is 11.1 Å². The normalized spacial score (nSPS) is 11.4. The van der Waals surface area contributed by atoms with E-state index in [-0.39, 0.29) is 22.4 Å². The Morgan fingerprint density at radius 2 is 1.68 bits per heavy atom. The number of aromatic hydroxyl groups is 1. The van der Waals surface area contributed by atoms with Gasteiger partial charge in [0, 0.05) is 16.6 Å². The van der Waals surface area contributed by atoms with Gasteiger partial charge in [0.25, 0.3) is 16.0 Å². The molecule has 0 fully saturated rings. The van der Waals surface area contributed by atoms with Gasteiger partial charge in [-0.05, 0) is 41.8 Å². The minimum atomic E-state index is -4.55. The summed E-state index contributed by atoms with van der Waals surface area (Å²) in [7, 11) is -4.55. The molecule has 3 aromatic carbocycles. The van der Waals surface area contributed by atoms with E-state index in [1.807, 2.05) is 0 Å². The summed E-state index contributed by atoms with van der Waals surface area (Å²) in [6.07, 6.45) is 0. The molecular weight excluding hydrogens is 344 g/mol. The van der Waals surface area contributed by atoms with Gasteiger partial charge in [0.2, 0.25) is 0 Å². The average Bonchev–Trinajstić information content (AvgIpc) is 2.56. The summed E-state index contributed by atoms with van der Waals surface area (Å²) in [5.41, 5.74) is 6.23. The Hall–Kier alpha value is -3.10. The number of phenolic OH excluding ortho intramolecular Hbond substituents is 1. The molecule has 3 rings (SSSR count). The van der Waals surface area contributed by atoms with Gasteiger partial charge in [0.05, 0.1) is 5.69 Å². The SMILES string of the molecule is Nc1ccc(C(=O)Nc2c(O)ccc3cccc(S(=O)(=O)O)c23)cc1.